The fourth-order valence-corrected chi connectivity index (χ4v) is 1.32. The minimum atomic E-state index is -0.518. The first kappa shape index (κ1) is 14.4. The second-order valence-electron chi connectivity index (χ2n) is 3.56. The van der Waals surface area contributed by atoms with Crippen LogP contribution in [0.5, 0.6) is 5.75 Å². The first-order chi connectivity index (χ1) is 8.76. The lowest BCUT2D eigenvalue weighted by Gasteiger charge is -2.07. The first-order valence-corrected chi connectivity index (χ1v) is 5.92. The number of amides is 1. The zero-order valence-electron chi connectivity index (χ0n) is 10.4. The zero-order valence-corrected chi connectivity index (χ0v) is 10.4. The molecule has 5 heteroatoms. The Hall–Kier alpha value is -1.62. The van der Waals surface area contributed by atoms with Gasteiger partial charge < -0.3 is 14.8 Å². The van der Waals surface area contributed by atoms with E-state index in [4.69, 9.17) is 9.47 Å². The molecule has 0 saturated heterocycles. The molecule has 0 radical (unpaired) electrons. The number of ether oxygens (including phenoxy) is 2. The number of carbonyl (C=O) groups excluding carboxylic acids is 1. The van der Waals surface area contributed by atoms with Crippen LogP contribution in [-0.4, -0.2) is 32.4 Å². The highest BCUT2D eigenvalue weighted by atomic mass is 19.1. The second-order valence-corrected chi connectivity index (χ2v) is 3.56. The smallest absolute Gasteiger partial charge is 0.226 e. The number of carbonyl (C=O) groups is 1. The van der Waals surface area contributed by atoms with E-state index in [-0.39, 0.29) is 12.5 Å². The van der Waals surface area contributed by atoms with Crippen LogP contribution in [0.3, 0.4) is 0 Å². The van der Waals surface area contributed by atoms with Gasteiger partial charge in [0.05, 0.1) is 13.0 Å². The Morgan fingerprint density at radius 1 is 1.28 bits per heavy atom. The molecule has 4 nitrogen and oxygen atoms in total. The molecular weight excluding hydrogens is 237 g/mol. The van der Waals surface area contributed by atoms with Crippen LogP contribution in [0, 0.1) is 0 Å². The minimum Gasteiger partial charge on any atom is -0.491 e. The monoisotopic (exact) mass is 255 g/mol. The molecule has 0 unspecified atom stereocenters. The number of rotatable bonds is 8. The van der Waals surface area contributed by atoms with Crippen LogP contribution in [0.15, 0.2) is 24.3 Å². The van der Waals surface area contributed by atoms with Gasteiger partial charge in [0, 0.05) is 12.3 Å². The van der Waals surface area contributed by atoms with Crippen molar-refractivity contribution in [3.8, 4) is 5.75 Å². The van der Waals surface area contributed by atoms with E-state index >= 15 is 0 Å². The molecule has 0 bridgehead atoms. The number of nitrogens with one attached hydrogen (secondary N) is 1. The van der Waals surface area contributed by atoms with E-state index in [9.17, 15) is 9.18 Å². The molecular formula is C13H18FNO3. The van der Waals surface area contributed by atoms with Crippen molar-refractivity contribution in [1.29, 1.82) is 0 Å². The van der Waals surface area contributed by atoms with Gasteiger partial charge in [0.15, 0.2) is 0 Å². The van der Waals surface area contributed by atoms with E-state index in [0.717, 1.165) is 0 Å². The van der Waals surface area contributed by atoms with Gasteiger partial charge >= 0.3 is 0 Å². The molecule has 0 heterocycles. The minimum absolute atomic E-state index is 0.0417. The molecule has 0 aliphatic carbocycles. The third-order valence-electron chi connectivity index (χ3n) is 2.16. The standard InChI is InChI=1S/C13H18FNO3/c1-2-17-9-7-13(16)15-11-3-5-12(6-4-11)18-10-8-14/h3-6H,2,7-10H2,1H3,(H,15,16). The Labute approximate surface area is 106 Å². The molecule has 1 amide bonds. The fourth-order valence-electron chi connectivity index (χ4n) is 1.32. The predicted molar refractivity (Wildman–Crippen MR) is 67.7 cm³/mol. The average molecular weight is 255 g/mol. The van der Waals surface area contributed by atoms with Crippen LogP contribution in [0.2, 0.25) is 0 Å². The van der Waals surface area contributed by atoms with Gasteiger partial charge in [0.1, 0.15) is 19.0 Å². The highest BCUT2D eigenvalue weighted by Gasteiger charge is 2.02. The van der Waals surface area contributed by atoms with Gasteiger partial charge in [-0.1, -0.05) is 0 Å². The Morgan fingerprint density at radius 2 is 2.00 bits per heavy atom. The summed E-state index contributed by atoms with van der Waals surface area (Å²) >= 11 is 0. The van der Waals surface area contributed by atoms with Gasteiger partial charge in [-0.15, -0.1) is 0 Å². The zero-order chi connectivity index (χ0) is 13.2. The fraction of sp³-hybridized carbons (Fsp3) is 0.462. The summed E-state index contributed by atoms with van der Waals surface area (Å²) in [5.74, 6) is 0.487. The van der Waals surface area contributed by atoms with Crippen molar-refractivity contribution in [3.05, 3.63) is 24.3 Å². The summed E-state index contributed by atoms with van der Waals surface area (Å²) in [5, 5.41) is 2.74. The van der Waals surface area contributed by atoms with E-state index < -0.39 is 6.67 Å². The Morgan fingerprint density at radius 3 is 2.61 bits per heavy atom. The van der Waals surface area contributed by atoms with Crippen LogP contribution >= 0.6 is 0 Å². The Balaban J connectivity index is 2.35. The molecule has 1 aromatic rings. The lowest BCUT2D eigenvalue weighted by Crippen LogP contribution is -2.14. The molecule has 1 aromatic carbocycles. The molecule has 1 rings (SSSR count). The van der Waals surface area contributed by atoms with Gasteiger partial charge in [0.2, 0.25) is 5.91 Å². The van der Waals surface area contributed by atoms with E-state index in [1.54, 1.807) is 24.3 Å². The first-order valence-electron chi connectivity index (χ1n) is 5.92. The maximum atomic E-state index is 11.9. The van der Waals surface area contributed by atoms with Crippen LogP contribution in [0.25, 0.3) is 0 Å². The third kappa shape index (κ3) is 5.63. The average Bonchev–Trinajstić information content (AvgIpc) is 2.38. The predicted octanol–water partition coefficient (Wildman–Crippen LogP) is 2.40. The number of alkyl halides is 1. The quantitative estimate of drug-likeness (QED) is 0.726. The SMILES string of the molecule is CCOCCC(=O)Nc1ccc(OCCF)cc1. The number of hydrogen-bond donors (Lipinski definition) is 1. The number of halogens is 1. The number of benzene rings is 1. The van der Waals surface area contributed by atoms with Crippen molar-refractivity contribution < 1.29 is 18.7 Å². The molecule has 0 aliphatic rings. The summed E-state index contributed by atoms with van der Waals surface area (Å²) in [7, 11) is 0. The van der Waals surface area contributed by atoms with Crippen molar-refractivity contribution in [1.82, 2.24) is 0 Å². The van der Waals surface area contributed by atoms with Crippen LogP contribution in [-0.2, 0) is 9.53 Å². The molecule has 0 fully saturated rings. The van der Waals surface area contributed by atoms with Crippen LogP contribution in [0.1, 0.15) is 13.3 Å². The van der Waals surface area contributed by atoms with Crippen LogP contribution in [0.4, 0.5) is 10.1 Å². The van der Waals surface area contributed by atoms with Gasteiger partial charge in [-0.25, -0.2) is 4.39 Å². The van der Waals surface area contributed by atoms with Gasteiger partial charge in [-0.05, 0) is 31.2 Å². The summed E-state index contributed by atoms with van der Waals surface area (Å²) in [6.07, 6.45) is 0.327. The normalized spacial score (nSPS) is 10.1. The van der Waals surface area contributed by atoms with Crippen LogP contribution < -0.4 is 10.1 Å². The summed E-state index contributed by atoms with van der Waals surface area (Å²) in [6.45, 7) is 2.43. The molecule has 100 valence electrons. The van der Waals surface area contributed by atoms with E-state index in [2.05, 4.69) is 5.32 Å². The lowest BCUT2D eigenvalue weighted by atomic mass is 10.3. The summed E-state index contributed by atoms with van der Waals surface area (Å²) in [4.78, 5) is 11.5. The van der Waals surface area contributed by atoms with E-state index in [0.29, 0.717) is 31.1 Å². The maximum Gasteiger partial charge on any atom is 0.226 e. The topological polar surface area (TPSA) is 47.6 Å². The highest BCUT2D eigenvalue weighted by molar-refractivity contribution is 5.90. The summed E-state index contributed by atoms with van der Waals surface area (Å²) in [6, 6.07) is 6.81. The largest absolute Gasteiger partial charge is 0.491 e. The van der Waals surface area contributed by atoms with Crippen molar-refractivity contribution >= 4 is 11.6 Å². The molecule has 1 N–H and O–H groups in total. The lowest BCUT2D eigenvalue weighted by molar-refractivity contribution is -0.117. The number of hydrogen-bond acceptors (Lipinski definition) is 3. The van der Waals surface area contributed by atoms with Crippen molar-refractivity contribution in [2.45, 2.75) is 13.3 Å². The van der Waals surface area contributed by atoms with Gasteiger partial charge in [-0.2, -0.15) is 0 Å². The third-order valence-corrected chi connectivity index (χ3v) is 2.16. The summed E-state index contributed by atoms with van der Waals surface area (Å²) < 4.78 is 22.1. The van der Waals surface area contributed by atoms with Crippen molar-refractivity contribution in [2.75, 3.05) is 31.8 Å². The molecule has 0 atom stereocenters. The Bertz CT molecular complexity index is 354. The van der Waals surface area contributed by atoms with Crippen molar-refractivity contribution in [2.24, 2.45) is 0 Å². The second kappa shape index (κ2) is 8.47. The molecule has 18 heavy (non-hydrogen) atoms. The van der Waals surface area contributed by atoms with Gasteiger partial charge in [0.25, 0.3) is 0 Å². The van der Waals surface area contributed by atoms with E-state index in [1.165, 1.54) is 0 Å². The molecule has 0 aromatic heterocycles. The molecule has 0 saturated carbocycles. The van der Waals surface area contributed by atoms with E-state index in [1.807, 2.05) is 6.92 Å². The highest BCUT2D eigenvalue weighted by Crippen LogP contribution is 2.15. The summed E-state index contributed by atoms with van der Waals surface area (Å²) in [5.41, 5.74) is 0.684. The maximum absolute atomic E-state index is 11.9. The number of anilines is 1. The molecule has 0 spiro atoms. The van der Waals surface area contributed by atoms with Gasteiger partial charge in [-0.3, -0.25) is 4.79 Å². The molecule has 0 aliphatic heterocycles. The Kier molecular flexibility index (Phi) is 6.79. The van der Waals surface area contributed by atoms with Crippen molar-refractivity contribution in [3.63, 3.8) is 0 Å².